The normalized spacial score (nSPS) is 10.2. The third kappa shape index (κ3) is 4.24. The first-order chi connectivity index (χ1) is 9.19. The highest BCUT2D eigenvalue weighted by Crippen LogP contribution is 2.15. The molecule has 0 aliphatic rings. The number of hydrogen-bond acceptors (Lipinski definition) is 2. The number of benzene rings is 2. The van der Waals surface area contributed by atoms with E-state index in [2.05, 4.69) is 34.2 Å². The Bertz CT molecular complexity index is 569. The summed E-state index contributed by atoms with van der Waals surface area (Å²) in [7, 11) is 0. The predicted molar refractivity (Wildman–Crippen MR) is 90.8 cm³/mol. The Morgan fingerprint density at radius 1 is 1.21 bits per heavy atom. The van der Waals surface area contributed by atoms with Crippen LogP contribution >= 0.6 is 34.4 Å². The summed E-state index contributed by atoms with van der Waals surface area (Å²) in [4.78, 5) is 12.1. The van der Waals surface area contributed by atoms with Gasteiger partial charge in [0.1, 0.15) is 0 Å². The third-order valence-electron chi connectivity index (χ3n) is 2.61. The number of hydrogen-bond donors (Lipinski definition) is 1. The maximum absolute atomic E-state index is 12.1. The molecule has 1 amide bonds. The van der Waals surface area contributed by atoms with E-state index in [0.717, 1.165) is 15.0 Å². The summed E-state index contributed by atoms with van der Waals surface area (Å²) < 4.78 is 1.10. The molecule has 0 atom stereocenters. The molecule has 0 fully saturated rings. The molecule has 98 valence electrons. The van der Waals surface area contributed by atoms with E-state index in [1.54, 1.807) is 11.8 Å². The van der Waals surface area contributed by atoms with Gasteiger partial charge in [-0.05, 0) is 64.7 Å². The summed E-state index contributed by atoms with van der Waals surface area (Å²) in [6, 6.07) is 15.5. The first-order valence-electron chi connectivity index (χ1n) is 5.84. The van der Waals surface area contributed by atoms with E-state index in [-0.39, 0.29) is 5.91 Å². The van der Waals surface area contributed by atoms with Crippen LogP contribution in [0.1, 0.15) is 15.9 Å². The smallest absolute Gasteiger partial charge is 0.255 e. The number of rotatable bonds is 4. The minimum atomic E-state index is -0.0716. The van der Waals surface area contributed by atoms with Gasteiger partial charge in [-0.3, -0.25) is 4.79 Å². The van der Waals surface area contributed by atoms with Crippen LogP contribution in [0.4, 0.5) is 5.69 Å². The van der Waals surface area contributed by atoms with Gasteiger partial charge in [0.25, 0.3) is 5.91 Å². The molecule has 1 N–H and O–H groups in total. The molecule has 0 saturated heterocycles. The van der Waals surface area contributed by atoms with Crippen LogP contribution in [0, 0.1) is 3.57 Å². The average molecular weight is 383 g/mol. The number of halogens is 1. The molecular weight excluding hydrogens is 369 g/mol. The molecule has 4 heteroatoms. The van der Waals surface area contributed by atoms with Crippen molar-refractivity contribution in [2.45, 2.75) is 5.75 Å². The Kier molecular flexibility index (Phi) is 5.27. The van der Waals surface area contributed by atoms with Crippen molar-refractivity contribution in [1.82, 2.24) is 0 Å². The van der Waals surface area contributed by atoms with E-state index >= 15 is 0 Å². The minimum absolute atomic E-state index is 0.0716. The largest absolute Gasteiger partial charge is 0.322 e. The van der Waals surface area contributed by atoms with E-state index in [9.17, 15) is 4.79 Å². The zero-order valence-corrected chi connectivity index (χ0v) is 13.5. The summed E-state index contributed by atoms with van der Waals surface area (Å²) in [5.74, 6) is 0.899. The van der Waals surface area contributed by atoms with Gasteiger partial charge >= 0.3 is 0 Å². The molecule has 0 bridgehead atoms. The van der Waals surface area contributed by atoms with Crippen LogP contribution in [0.25, 0.3) is 0 Å². The lowest BCUT2D eigenvalue weighted by Gasteiger charge is -2.06. The topological polar surface area (TPSA) is 29.1 Å². The molecule has 0 unspecified atom stereocenters. The summed E-state index contributed by atoms with van der Waals surface area (Å²) in [5.41, 5.74) is 2.74. The van der Waals surface area contributed by atoms with E-state index in [4.69, 9.17) is 0 Å². The van der Waals surface area contributed by atoms with Gasteiger partial charge in [-0.1, -0.05) is 18.2 Å². The van der Waals surface area contributed by atoms with Crippen molar-refractivity contribution < 1.29 is 4.79 Å². The fourth-order valence-electron chi connectivity index (χ4n) is 1.69. The quantitative estimate of drug-likeness (QED) is 0.793. The molecule has 2 aromatic carbocycles. The second-order valence-electron chi connectivity index (χ2n) is 4.09. The average Bonchev–Trinajstić information content (AvgIpc) is 2.40. The Hall–Kier alpha value is -1.01. The maximum atomic E-state index is 12.1. The van der Waals surface area contributed by atoms with Crippen molar-refractivity contribution in [3.8, 4) is 0 Å². The number of thioether (sulfide) groups is 1. The highest BCUT2D eigenvalue weighted by atomic mass is 127. The van der Waals surface area contributed by atoms with Gasteiger partial charge in [-0.2, -0.15) is 11.8 Å². The molecule has 19 heavy (non-hydrogen) atoms. The van der Waals surface area contributed by atoms with Crippen LogP contribution in [0.2, 0.25) is 0 Å². The number of amides is 1. The lowest BCUT2D eigenvalue weighted by Crippen LogP contribution is -2.11. The lowest BCUT2D eigenvalue weighted by molar-refractivity contribution is 0.102. The van der Waals surface area contributed by atoms with Gasteiger partial charge in [-0.25, -0.2) is 0 Å². The Labute approximate surface area is 131 Å². The van der Waals surface area contributed by atoms with Crippen LogP contribution in [0.3, 0.4) is 0 Å². The third-order valence-corrected chi connectivity index (χ3v) is 3.90. The first-order valence-corrected chi connectivity index (χ1v) is 8.31. The van der Waals surface area contributed by atoms with Crippen molar-refractivity contribution in [3.63, 3.8) is 0 Å². The van der Waals surface area contributed by atoms with Crippen molar-refractivity contribution in [1.29, 1.82) is 0 Å². The minimum Gasteiger partial charge on any atom is -0.322 e. The SMILES string of the molecule is CSCc1ccc(C(=O)Nc2cccc(I)c2)cc1. The molecule has 2 nitrogen and oxygen atoms in total. The molecule has 2 rings (SSSR count). The van der Waals surface area contributed by atoms with Crippen molar-refractivity contribution >= 4 is 45.9 Å². The van der Waals surface area contributed by atoms with Crippen molar-refractivity contribution in [3.05, 3.63) is 63.2 Å². The molecule has 2 aromatic rings. The fourth-order valence-corrected chi connectivity index (χ4v) is 2.76. The number of anilines is 1. The van der Waals surface area contributed by atoms with E-state index in [1.807, 2.05) is 48.5 Å². The maximum Gasteiger partial charge on any atom is 0.255 e. The standard InChI is InChI=1S/C15H14INOS/c1-19-10-11-5-7-12(8-6-11)15(18)17-14-4-2-3-13(16)9-14/h2-9H,10H2,1H3,(H,17,18). The molecule has 0 saturated carbocycles. The Morgan fingerprint density at radius 2 is 1.95 bits per heavy atom. The van der Waals surface area contributed by atoms with Crippen LogP contribution in [-0.2, 0) is 5.75 Å². The first kappa shape index (κ1) is 14.4. The molecule has 0 aliphatic heterocycles. The van der Waals surface area contributed by atoms with Crippen LogP contribution in [-0.4, -0.2) is 12.2 Å². The van der Waals surface area contributed by atoms with Gasteiger partial charge in [-0.15, -0.1) is 0 Å². The van der Waals surface area contributed by atoms with E-state index in [0.29, 0.717) is 5.56 Å². The fraction of sp³-hybridized carbons (Fsp3) is 0.133. The summed E-state index contributed by atoms with van der Waals surface area (Å²) in [6.45, 7) is 0. The van der Waals surface area contributed by atoms with Gasteiger partial charge in [0.2, 0.25) is 0 Å². The number of nitrogens with one attached hydrogen (secondary N) is 1. The van der Waals surface area contributed by atoms with Crippen LogP contribution < -0.4 is 5.32 Å². The monoisotopic (exact) mass is 383 g/mol. The van der Waals surface area contributed by atoms with Gasteiger partial charge in [0.15, 0.2) is 0 Å². The summed E-state index contributed by atoms with van der Waals surface area (Å²) in [6.07, 6.45) is 2.07. The zero-order chi connectivity index (χ0) is 13.7. The summed E-state index contributed by atoms with van der Waals surface area (Å²) in [5, 5.41) is 2.90. The lowest BCUT2D eigenvalue weighted by atomic mass is 10.1. The Balaban J connectivity index is 2.07. The Morgan fingerprint density at radius 3 is 2.58 bits per heavy atom. The molecular formula is C15H14INOS. The van der Waals surface area contributed by atoms with Crippen LogP contribution in [0.5, 0.6) is 0 Å². The van der Waals surface area contributed by atoms with Crippen molar-refractivity contribution in [2.24, 2.45) is 0 Å². The highest BCUT2D eigenvalue weighted by molar-refractivity contribution is 14.1. The van der Waals surface area contributed by atoms with E-state index in [1.165, 1.54) is 5.56 Å². The zero-order valence-electron chi connectivity index (χ0n) is 10.5. The number of carbonyl (C=O) groups is 1. The van der Waals surface area contributed by atoms with Gasteiger partial charge in [0.05, 0.1) is 0 Å². The summed E-state index contributed by atoms with van der Waals surface area (Å²) >= 11 is 4.00. The second-order valence-corrected chi connectivity index (χ2v) is 6.21. The molecule has 0 radical (unpaired) electrons. The van der Waals surface area contributed by atoms with E-state index < -0.39 is 0 Å². The van der Waals surface area contributed by atoms with Gasteiger partial charge < -0.3 is 5.32 Å². The number of carbonyl (C=O) groups excluding carboxylic acids is 1. The molecule has 0 heterocycles. The second kappa shape index (κ2) is 6.96. The molecule has 0 aliphatic carbocycles. The molecule has 0 spiro atoms. The highest BCUT2D eigenvalue weighted by Gasteiger charge is 2.06. The van der Waals surface area contributed by atoms with Gasteiger partial charge in [0, 0.05) is 20.6 Å². The molecule has 0 aromatic heterocycles. The predicted octanol–water partition coefficient (Wildman–Crippen LogP) is 4.41. The van der Waals surface area contributed by atoms with Crippen molar-refractivity contribution in [2.75, 3.05) is 11.6 Å². The van der Waals surface area contributed by atoms with Crippen LogP contribution in [0.15, 0.2) is 48.5 Å².